The molecule has 0 aliphatic rings. The summed E-state index contributed by atoms with van der Waals surface area (Å²) in [7, 11) is 6.01. The van der Waals surface area contributed by atoms with Crippen molar-refractivity contribution in [1.29, 1.82) is 0 Å². The molecule has 0 atom stereocenters. The summed E-state index contributed by atoms with van der Waals surface area (Å²) in [6.45, 7) is 0.860. The van der Waals surface area contributed by atoms with E-state index < -0.39 is 14.8 Å². The summed E-state index contributed by atoms with van der Waals surface area (Å²) in [4.78, 5) is 10.7. The van der Waals surface area contributed by atoms with Gasteiger partial charge in [-0.2, -0.15) is 0 Å². The van der Waals surface area contributed by atoms with Crippen molar-refractivity contribution in [2.24, 2.45) is 0 Å². The lowest BCUT2D eigenvalue weighted by molar-refractivity contribution is -0.883. The third kappa shape index (κ3) is 6.13. The molecule has 102 valence electrons. The van der Waals surface area contributed by atoms with Crippen LogP contribution in [0.25, 0.3) is 0 Å². The highest BCUT2D eigenvalue weighted by Crippen LogP contribution is 2.16. The first kappa shape index (κ1) is 16.5. The van der Waals surface area contributed by atoms with Gasteiger partial charge >= 0.3 is 14.8 Å². The minimum absolute atomic E-state index is 0.113. The Labute approximate surface area is 104 Å². The van der Waals surface area contributed by atoms with Gasteiger partial charge in [0.1, 0.15) is 0 Å². The maximum Gasteiger partial charge on any atom is 0.500 e. The van der Waals surface area contributed by atoms with Gasteiger partial charge in [0, 0.05) is 33.8 Å². The van der Waals surface area contributed by atoms with E-state index in [4.69, 9.17) is 18.4 Å². The quantitative estimate of drug-likeness (QED) is 0.484. The summed E-state index contributed by atoms with van der Waals surface area (Å²) in [5.74, 6) is -0.788. The lowest BCUT2D eigenvalue weighted by Crippen LogP contribution is -2.47. The van der Waals surface area contributed by atoms with Gasteiger partial charge in [0.15, 0.2) is 6.54 Å². The second-order valence-electron chi connectivity index (χ2n) is 4.61. The van der Waals surface area contributed by atoms with Gasteiger partial charge in [0.2, 0.25) is 0 Å². The summed E-state index contributed by atoms with van der Waals surface area (Å²) in [6, 6.07) is 0.692. The molecule has 0 aromatic heterocycles. The topological polar surface area (TPSA) is 65.0 Å². The number of carboxylic acid groups (broad SMARTS) is 1. The molecule has 7 heteroatoms. The predicted molar refractivity (Wildman–Crippen MR) is 65.7 cm³/mol. The highest BCUT2D eigenvalue weighted by atomic mass is 28.4. The molecule has 6 nitrogen and oxygen atoms in total. The number of quaternary nitrogens is 1. The lowest BCUT2D eigenvalue weighted by Gasteiger charge is -2.29. The molecule has 0 bridgehead atoms. The van der Waals surface area contributed by atoms with Gasteiger partial charge in [0.05, 0.1) is 20.6 Å². The summed E-state index contributed by atoms with van der Waals surface area (Å²) in [5, 5.41) is 8.77. The summed E-state index contributed by atoms with van der Waals surface area (Å²) < 4.78 is 16.4. The molecule has 0 aromatic rings. The highest BCUT2D eigenvalue weighted by molar-refractivity contribution is 6.60. The normalized spacial score (nSPS) is 12.8. The van der Waals surface area contributed by atoms with E-state index in [0.717, 1.165) is 13.0 Å². The number of hydrogen-bond acceptors (Lipinski definition) is 4. The first-order chi connectivity index (χ1) is 7.81. The first-order valence-electron chi connectivity index (χ1n) is 5.50. The van der Waals surface area contributed by atoms with Crippen LogP contribution in [0.15, 0.2) is 0 Å². The maximum absolute atomic E-state index is 10.7. The van der Waals surface area contributed by atoms with Crippen LogP contribution in [0.2, 0.25) is 6.04 Å². The van der Waals surface area contributed by atoms with Crippen LogP contribution >= 0.6 is 0 Å². The molecule has 0 heterocycles. The molecule has 0 saturated carbocycles. The van der Waals surface area contributed by atoms with Crippen LogP contribution in [0.1, 0.15) is 6.42 Å². The summed E-state index contributed by atoms with van der Waals surface area (Å²) >= 11 is 0. The van der Waals surface area contributed by atoms with E-state index in [-0.39, 0.29) is 6.54 Å². The molecule has 0 amide bonds. The van der Waals surface area contributed by atoms with E-state index in [1.807, 2.05) is 14.1 Å². The van der Waals surface area contributed by atoms with E-state index >= 15 is 0 Å². The fourth-order valence-electron chi connectivity index (χ4n) is 1.73. The standard InChI is InChI=1S/C10H23NO5Si/c1-11(2,9-10(12)13)7-6-8-17(14-3,15-4)16-5/h6-9H2,1-5H3/p+1. The molecule has 0 spiro atoms. The van der Waals surface area contributed by atoms with Crippen molar-refractivity contribution in [3.8, 4) is 0 Å². The lowest BCUT2D eigenvalue weighted by atomic mass is 10.3. The SMILES string of the molecule is CO[Si](CCC[N+](C)(C)CC(=O)O)(OC)OC. The van der Waals surface area contributed by atoms with Crippen LogP contribution in [0.5, 0.6) is 0 Å². The Morgan fingerprint density at radius 1 is 1.18 bits per heavy atom. The molecule has 0 radical (unpaired) electrons. The zero-order chi connectivity index (χ0) is 13.5. The summed E-state index contributed by atoms with van der Waals surface area (Å²) in [6.07, 6.45) is 0.808. The summed E-state index contributed by atoms with van der Waals surface area (Å²) in [5.41, 5.74) is 0. The van der Waals surface area contributed by atoms with Crippen LogP contribution in [0, 0.1) is 0 Å². The molecule has 17 heavy (non-hydrogen) atoms. The third-order valence-electron chi connectivity index (χ3n) is 2.74. The average Bonchev–Trinajstić information content (AvgIpc) is 2.23. The number of nitrogens with zero attached hydrogens (tertiary/aromatic N) is 1. The van der Waals surface area contributed by atoms with Crippen LogP contribution in [0.3, 0.4) is 0 Å². The molecule has 1 N–H and O–H groups in total. The van der Waals surface area contributed by atoms with E-state index in [2.05, 4.69) is 0 Å². The van der Waals surface area contributed by atoms with Crippen molar-refractivity contribution < 1.29 is 27.7 Å². The monoisotopic (exact) mass is 266 g/mol. The van der Waals surface area contributed by atoms with Crippen molar-refractivity contribution in [2.45, 2.75) is 12.5 Å². The largest absolute Gasteiger partial charge is 0.500 e. The van der Waals surface area contributed by atoms with Gasteiger partial charge in [-0.15, -0.1) is 0 Å². The van der Waals surface area contributed by atoms with Crippen LogP contribution in [-0.2, 0) is 18.1 Å². The molecule has 0 aromatic carbocycles. The second kappa shape index (κ2) is 7.07. The van der Waals surface area contributed by atoms with Crippen molar-refractivity contribution in [2.75, 3.05) is 48.5 Å². The van der Waals surface area contributed by atoms with Gasteiger partial charge in [-0.1, -0.05) is 0 Å². The van der Waals surface area contributed by atoms with E-state index in [1.54, 1.807) is 21.3 Å². The Kier molecular flexibility index (Phi) is 6.87. The zero-order valence-electron chi connectivity index (χ0n) is 11.4. The van der Waals surface area contributed by atoms with Gasteiger partial charge < -0.3 is 22.9 Å². The van der Waals surface area contributed by atoms with E-state index in [1.165, 1.54) is 0 Å². The number of aliphatic carboxylic acids is 1. The third-order valence-corrected chi connectivity index (χ3v) is 5.57. The fourth-order valence-corrected chi connectivity index (χ4v) is 3.43. The van der Waals surface area contributed by atoms with Crippen molar-refractivity contribution in [3.05, 3.63) is 0 Å². The van der Waals surface area contributed by atoms with Crippen molar-refractivity contribution in [3.63, 3.8) is 0 Å². The minimum atomic E-state index is -2.51. The van der Waals surface area contributed by atoms with Gasteiger partial charge in [0.25, 0.3) is 0 Å². The molecular weight excluding hydrogens is 242 g/mol. The Bertz CT molecular complexity index is 235. The molecule has 0 aliphatic heterocycles. The first-order valence-corrected chi connectivity index (χ1v) is 7.43. The number of likely N-dealkylation sites (N-methyl/N-ethyl adjacent to an activating group) is 1. The molecule has 0 aliphatic carbocycles. The van der Waals surface area contributed by atoms with E-state index in [9.17, 15) is 4.79 Å². The minimum Gasteiger partial charge on any atom is -0.477 e. The maximum atomic E-state index is 10.7. The van der Waals surface area contributed by atoms with Crippen LogP contribution in [0.4, 0.5) is 0 Å². The second-order valence-corrected chi connectivity index (χ2v) is 7.70. The molecule has 0 unspecified atom stereocenters. The highest BCUT2D eigenvalue weighted by Gasteiger charge is 2.37. The number of hydrogen-bond donors (Lipinski definition) is 1. The number of rotatable bonds is 9. The predicted octanol–water partition coefficient (Wildman–Crippen LogP) is 0.416. The number of carboxylic acids is 1. The fraction of sp³-hybridized carbons (Fsp3) is 0.900. The Hall–Kier alpha value is -0.473. The Morgan fingerprint density at radius 2 is 1.65 bits per heavy atom. The Morgan fingerprint density at radius 3 is 2.00 bits per heavy atom. The van der Waals surface area contributed by atoms with Crippen molar-refractivity contribution in [1.82, 2.24) is 0 Å². The molecule has 0 saturated heterocycles. The van der Waals surface area contributed by atoms with E-state index in [0.29, 0.717) is 10.5 Å². The average molecular weight is 266 g/mol. The van der Waals surface area contributed by atoms with Crippen LogP contribution in [-0.4, -0.2) is 72.9 Å². The number of carbonyl (C=O) groups is 1. The molecule has 0 rings (SSSR count). The Balaban J connectivity index is 4.16. The van der Waals surface area contributed by atoms with Gasteiger partial charge in [-0.25, -0.2) is 4.79 Å². The van der Waals surface area contributed by atoms with Gasteiger partial charge in [-0.3, -0.25) is 0 Å². The van der Waals surface area contributed by atoms with Gasteiger partial charge in [-0.05, 0) is 0 Å². The molecule has 0 fully saturated rings. The van der Waals surface area contributed by atoms with Crippen LogP contribution < -0.4 is 0 Å². The smallest absolute Gasteiger partial charge is 0.477 e. The van der Waals surface area contributed by atoms with Crippen molar-refractivity contribution >= 4 is 14.8 Å². The zero-order valence-corrected chi connectivity index (χ0v) is 12.4. The molecular formula is C10H24NO5Si+.